The van der Waals surface area contributed by atoms with Gasteiger partial charge in [0, 0.05) is 56.0 Å². The molecule has 0 saturated carbocycles. The second-order valence-electron chi connectivity index (χ2n) is 6.87. The van der Waals surface area contributed by atoms with Gasteiger partial charge in [-0.2, -0.15) is 0 Å². The molecule has 2 aliphatic heterocycles. The largest absolute Gasteiger partial charge is 0.497 e. The van der Waals surface area contributed by atoms with E-state index in [1.165, 1.54) is 12.5 Å². The zero-order valence-electron chi connectivity index (χ0n) is 15.0. The highest BCUT2D eigenvalue weighted by atomic mass is 19.1. The van der Waals surface area contributed by atoms with Crippen LogP contribution in [0.15, 0.2) is 29.4 Å². The van der Waals surface area contributed by atoms with Crippen LogP contribution in [0.2, 0.25) is 0 Å². The van der Waals surface area contributed by atoms with Gasteiger partial charge < -0.3 is 4.74 Å². The number of halogens is 1. The summed E-state index contributed by atoms with van der Waals surface area (Å²) in [5.74, 6) is 1.11. The van der Waals surface area contributed by atoms with Crippen molar-refractivity contribution in [1.82, 2.24) is 14.9 Å². The third-order valence-corrected chi connectivity index (χ3v) is 5.05. The van der Waals surface area contributed by atoms with Gasteiger partial charge in [0.2, 0.25) is 0 Å². The van der Waals surface area contributed by atoms with Crippen LogP contribution in [0, 0.1) is 5.82 Å². The third-order valence-electron chi connectivity index (χ3n) is 5.05. The summed E-state index contributed by atoms with van der Waals surface area (Å²) in [6.07, 6.45) is 6.08. The first-order valence-corrected chi connectivity index (χ1v) is 9.16. The van der Waals surface area contributed by atoms with Gasteiger partial charge in [0.05, 0.1) is 18.5 Å². The first-order valence-electron chi connectivity index (χ1n) is 9.16. The molecule has 0 atom stereocenters. The van der Waals surface area contributed by atoms with Crippen molar-refractivity contribution in [2.45, 2.75) is 38.8 Å². The highest BCUT2D eigenvalue weighted by Gasteiger charge is 2.21. The fourth-order valence-electron chi connectivity index (χ4n) is 3.55. The highest BCUT2D eigenvalue weighted by Crippen LogP contribution is 2.22. The Hall–Kier alpha value is -2.34. The van der Waals surface area contributed by atoms with Crippen molar-refractivity contribution in [2.75, 3.05) is 20.2 Å². The highest BCUT2D eigenvalue weighted by molar-refractivity contribution is 5.97. The van der Waals surface area contributed by atoms with Crippen LogP contribution >= 0.6 is 0 Å². The second kappa shape index (κ2) is 7.50. The van der Waals surface area contributed by atoms with Crippen LogP contribution in [0.4, 0.5) is 4.39 Å². The van der Waals surface area contributed by atoms with Crippen molar-refractivity contribution in [3.05, 3.63) is 52.9 Å². The molecule has 0 N–H and O–H groups in total. The molecule has 6 heteroatoms. The van der Waals surface area contributed by atoms with Crippen LogP contribution in [0.3, 0.4) is 0 Å². The summed E-state index contributed by atoms with van der Waals surface area (Å²) < 4.78 is 19.3. The molecule has 0 saturated heterocycles. The predicted molar refractivity (Wildman–Crippen MR) is 98.1 cm³/mol. The number of ether oxygens (including phenoxy) is 1. The summed E-state index contributed by atoms with van der Waals surface area (Å²) in [5.41, 5.74) is 3.96. The Labute approximate surface area is 152 Å². The first-order chi connectivity index (χ1) is 12.7. The van der Waals surface area contributed by atoms with E-state index in [9.17, 15) is 4.39 Å². The maximum absolute atomic E-state index is 14.2. The van der Waals surface area contributed by atoms with Crippen LogP contribution in [0.1, 0.15) is 41.9 Å². The Morgan fingerprint density at radius 1 is 1.23 bits per heavy atom. The number of aliphatic imine (C=N–C) groups is 1. The van der Waals surface area contributed by atoms with E-state index in [4.69, 9.17) is 9.72 Å². The quantitative estimate of drug-likeness (QED) is 0.846. The summed E-state index contributed by atoms with van der Waals surface area (Å²) in [4.78, 5) is 16.1. The van der Waals surface area contributed by atoms with Gasteiger partial charge in [0.1, 0.15) is 11.6 Å². The minimum atomic E-state index is -0.225. The average Bonchev–Trinajstić information content (AvgIpc) is 2.69. The molecule has 0 radical (unpaired) electrons. The lowest BCUT2D eigenvalue weighted by atomic mass is 10.0. The maximum Gasteiger partial charge on any atom is 0.173 e. The Kier molecular flexibility index (Phi) is 4.93. The molecular weight excluding hydrogens is 331 g/mol. The predicted octanol–water partition coefficient (Wildman–Crippen LogP) is 3.16. The summed E-state index contributed by atoms with van der Waals surface area (Å²) in [6.45, 7) is 3.07. The van der Waals surface area contributed by atoms with Crippen LogP contribution in [0.5, 0.6) is 5.75 Å². The number of methoxy groups -OCH3 is 1. The zero-order valence-corrected chi connectivity index (χ0v) is 15.0. The average molecular weight is 354 g/mol. The summed E-state index contributed by atoms with van der Waals surface area (Å²) in [6, 6.07) is 5.04. The fraction of sp³-hybridized carbons (Fsp3) is 0.450. The molecule has 5 nitrogen and oxygen atoms in total. The van der Waals surface area contributed by atoms with E-state index in [-0.39, 0.29) is 5.82 Å². The van der Waals surface area contributed by atoms with Gasteiger partial charge in [-0.3, -0.25) is 9.89 Å². The molecule has 0 amide bonds. The summed E-state index contributed by atoms with van der Waals surface area (Å²) in [5, 5.41) is 0. The molecule has 0 fully saturated rings. The molecule has 1 aromatic heterocycles. The molecule has 1 aromatic carbocycles. The van der Waals surface area contributed by atoms with E-state index in [1.807, 2.05) is 6.20 Å². The minimum absolute atomic E-state index is 0.225. The number of aromatic nitrogens is 2. The lowest BCUT2D eigenvalue weighted by Gasteiger charge is -2.28. The van der Waals surface area contributed by atoms with Crippen LogP contribution in [0.25, 0.3) is 0 Å². The number of fused-ring (bicyclic) bond motifs is 1. The van der Waals surface area contributed by atoms with Gasteiger partial charge in [-0.05, 0) is 25.3 Å². The van der Waals surface area contributed by atoms with E-state index in [0.717, 1.165) is 61.7 Å². The Bertz CT molecular complexity index is 837. The number of hydrogen-bond donors (Lipinski definition) is 0. The molecule has 0 spiro atoms. The van der Waals surface area contributed by atoms with E-state index >= 15 is 0 Å². The van der Waals surface area contributed by atoms with Crippen molar-refractivity contribution in [3.63, 3.8) is 0 Å². The van der Waals surface area contributed by atoms with Crippen LogP contribution in [-0.2, 0) is 19.5 Å². The van der Waals surface area contributed by atoms with Crippen LogP contribution in [-0.4, -0.2) is 40.8 Å². The minimum Gasteiger partial charge on any atom is -0.497 e. The molecular formula is C20H23FN4O. The standard InChI is InChI=1S/C20H23FN4O/c1-26-16-6-5-14(17(21)10-16)12-25-9-7-18-15(13-25)11-23-20(24-18)19-4-2-3-8-22-19/h5-6,10-11H,2-4,7-9,12-13H2,1H3. The summed E-state index contributed by atoms with van der Waals surface area (Å²) >= 11 is 0. The second-order valence-corrected chi connectivity index (χ2v) is 6.87. The first kappa shape index (κ1) is 17.1. The molecule has 0 bridgehead atoms. The molecule has 2 aliphatic rings. The maximum atomic E-state index is 14.2. The van der Waals surface area contributed by atoms with Gasteiger partial charge in [-0.15, -0.1) is 0 Å². The summed E-state index contributed by atoms with van der Waals surface area (Å²) in [7, 11) is 1.54. The molecule has 2 aromatic rings. The monoisotopic (exact) mass is 354 g/mol. The SMILES string of the molecule is COc1ccc(CN2CCc3nc(C4=NCCCC4)ncc3C2)c(F)c1. The van der Waals surface area contributed by atoms with Gasteiger partial charge in [0.25, 0.3) is 0 Å². The lowest BCUT2D eigenvalue weighted by molar-refractivity contribution is 0.239. The van der Waals surface area contributed by atoms with Crippen molar-refractivity contribution in [2.24, 2.45) is 4.99 Å². The van der Waals surface area contributed by atoms with Crippen LogP contribution < -0.4 is 4.74 Å². The molecule has 4 rings (SSSR count). The lowest BCUT2D eigenvalue weighted by Crippen LogP contribution is -2.31. The van der Waals surface area contributed by atoms with Crippen molar-refractivity contribution < 1.29 is 9.13 Å². The van der Waals surface area contributed by atoms with Gasteiger partial charge in [-0.25, -0.2) is 14.4 Å². The number of hydrogen-bond acceptors (Lipinski definition) is 5. The molecule has 136 valence electrons. The number of rotatable bonds is 4. The Morgan fingerprint density at radius 3 is 2.92 bits per heavy atom. The zero-order chi connectivity index (χ0) is 17.9. The van der Waals surface area contributed by atoms with Crippen molar-refractivity contribution in [1.29, 1.82) is 0 Å². The number of nitrogens with zero attached hydrogens (tertiary/aromatic N) is 4. The topological polar surface area (TPSA) is 50.6 Å². The van der Waals surface area contributed by atoms with Crippen molar-refractivity contribution >= 4 is 5.71 Å². The van der Waals surface area contributed by atoms with E-state index in [0.29, 0.717) is 17.9 Å². The van der Waals surface area contributed by atoms with Gasteiger partial charge in [0.15, 0.2) is 5.82 Å². The Balaban J connectivity index is 1.47. The molecule has 3 heterocycles. The third kappa shape index (κ3) is 3.60. The molecule has 26 heavy (non-hydrogen) atoms. The van der Waals surface area contributed by atoms with Crippen molar-refractivity contribution in [3.8, 4) is 5.75 Å². The smallest absolute Gasteiger partial charge is 0.173 e. The fourth-order valence-corrected chi connectivity index (χ4v) is 3.55. The van der Waals surface area contributed by atoms with E-state index in [1.54, 1.807) is 19.2 Å². The van der Waals surface area contributed by atoms with E-state index in [2.05, 4.69) is 14.9 Å². The number of benzene rings is 1. The Morgan fingerprint density at radius 2 is 2.15 bits per heavy atom. The van der Waals surface area contributed by atoms with Gasteiger partial charge >= 0.3 is 0 Å². The molecule has 0 aliphatic carbocycles. The van der Waals surface area contributed by atoms with Gasteiger partial charge in [-0.1, -0.05) is 6.07 Å². The van der Waals surface area contributed by atoms with E-state index < -0.39 is 0 Å². The molecule has 0 unspecified atom stereocenters. The normalized spacial score (nSPS) is 17.5.